The molecule has 0 saturated heterocycles. The molecular formula is C8H10O2S. The van der Waals surface area contributed by atoms with Crippen LogP contribution in [0.15, 0.2) is 17.5 Å². The molecule has 0 spiro atoms. The van der Waals surface area contributed by atoms with Gasteiger partial charge in [0.2, 0.25) is 0 Å². The number of hydrogen-bond acceptors (Lipinski definition) is 2. The molecule has 0 aromatic carbocycles. The smallest absolute Gasteiger partial charge is 0.306 e. The first-order valence-electron chi connectivity index (χ1n) is 3.45. The van der Waals surface area contributed by atoms with E-state index in [4.69, 9.17) is 5.11 Å². The Hall–Kier alpha value is -0.830. The molecule has 0 amide bonds. The lowest BCUT2D eigenvalue weighted by Crippen LogP contribution is -2.11. The zero-order valence-corrected chi connectivity index (χ0v) is 7.10. The lowest BCUT2D eigenvalue weighted by Gasteiger charge is -2.01. The lowest BCUT2D eigenvalue weighted by atomic mass is 10.1. The first-order chi connectivity index (χ1) is 5.20. The van der Waals surface area contributed by atoms with E-state index < -0.39 is 5.97 Å². The van der Waals surface area contributed by atoms with Crippen LogP contribution in [0.4, 0.5) is 0 Å². The highest BCUT2D eigenvalue weighted by molar-refractivity contribution is 7.09. The summed E-state index contributed by atoms with van der Waals surface area (Å²) >= 11 is 1.61. The summed E-state index contributed by atoms with van der Waals surface area (Å²) in [5.74, 6) is -0.993. The Morgan fingerprint density at radius 3 is 3.00 bits per heavy atom. The summed E-state index contributed by atoms with van der Waals surface area (Å²) in [6.45, 7) is 1.72. The van der Waals surface area contributed by atoms with Crippen LogP contribution in [0.25, 0.3) is 0 Å². The summed E-state index contributed by atoms with van der Waals surface area (Å²) in [4.78, 5) is 11.6. The predicted molar refractivity (Wildman–Crippen MR) is 44.8 cm³/mol. The molecule has 0 fully saturated rings. The van der Waals surface area contributed by atoms with E-state index in [1.54, 1.807) is 18.3 Å². The number of aliphatic carboxylic acids is 1. The topological polar surface area (TPSA) is 37.3 Å². The summed E-state index contributed by atoms with van der Waals surface area (Å²) in [5.41, 5.74) is 0. The van der Waals surface area contributed by atoms with Crippen molar-refractivity contribution in [3.63, 3.8) is 0 Å². The molecule has 0 aliphatic heterocycles. The van der Waals surface area contributed by atoms with E-state index in [1.165, 1.54) is 0 Å². The summed E-state index contributed by atoms with van der Waals surface area (Å²) < 4.78 is 0. The molecule has 1 aromatic heterocycles. The van der Waals surface area contributed by atoms with Crippen molar-refractivity contribution >= 4 is 17.3 Å². The van der Waals surface area contributed by atoms with Gasteiger partial charge >= 0.3 is 5.97 Å². The fourth-order valence-corrected chi connectivity index (χ4v) is 1.65. The van der Waals surface area contributed by atoms with Crippen LogP contribution in [0, 0.1) is 5.92 Å². The van der Waals surface area contributed by atoms with Crippen LogP contribution in [0.1, 0.15) is 11.8 Å². The van der Waals surface area contributed by atoms with Gasteiger partial charge in [-0.1, -0.05) is 13.0 Å². The fraction of sp³-hybridized carbons (Fsp3) is 0.375. The minimum atomic E-state index is -0.724. The number of hydrogen-bond donors (Lipinski definition) is 1. The number of carboxylic acid groups (broad SMARTS) is 1. The quantitative estimate of drug-likeness (QED) is 0.753. The minimum absolute atomic E-state index is 0.270. The van der Waals surface area contributed by atoms with Crippen LogP contribution in [-0.2, 0) is 11.2 Å². The number of rotatable bonds is 3. The molecule has 0 unspecified atom stereocenters. The van der Waals surface area contributed by atoms with Crippen LogP contribution in [0.2, 0.25) is 0 Å². The first-order valence-corrected chi connectivity index (χ1v) is 4.33. The van der Waals surface area contributed by atoms with Gasteiger partial charge in [0.15, 0.2) is 0 Å². The summed E-state index contributed by atoms with van der Waals surface area (Å²) in [6.07, 6.45) is 0.646. The van der Waals surface area contributed by atoms with Gasteiger partial charge in [0.1, 0.15) is 0 Å². The van der Waals surface area contributed by atoms with Crippen molar-refractivity contribution < 1.29 is 9.90 Å². The van der Waals surface area contributed by atoms with Crippen molar-refractivity contribution in [1.82, 2.24) is 0 Å². The Morgan fingerprint density at radius 2 is 2.55 bits per heavy atom. The average Bonchev–Trinajstić information content (AvgIpc) is 2.39. The number of carbonyl (C=O) groups is 1. The monoisotopic (exact) mass is 170 g/mol. The normalized spacial score (nSPS) is 12.8. The molecule has 60 valence electrons. The largest absolute Gasteiger partial charge is 0.481 e. The molecule has 0 saturated carbocycles. The molecule has 1 aromatic rings. The molecule has 2 nitrogen and oxygen atoms in total. The van der Waals surface area contributed by atoms with Gasteiger partial charge in [0.25, 0.3) is 0 Å². The maximum absolute atomic E-state index is 10.4. The average molecular weight is 170 g/mol. The van der Waals surface area contributed by atoms with E-state index in [-0.39, 0.29) is 5.92 Å². The van der Waals surface area contributed by atoms with Gasteiger partial charge in [-0.2, -0.15) is 0 Å². The number of thiophene rings is 1. The highest BCUT2D eigenvalue weighted by Crippen LogP contribution is 2.13. The predicted octanol–water partition coefficient (Wildman–Crippen LogP) is 2.01. The zero-order valence-electron chi connectivity index (χ0n) is 6.28. The molecule has 3 heteroatoms. The molecule has 0 aliphatic rings. The SMILES string of the molecule is C[C@@H](Cc1cccs1)C(=O)O. The van der Waals surface area contributed by atoms with Gasteiger partial charge in [-0.15, -0.1) is 11.3 Å². The first kappa shape index (κ1) is 8.27. The maximum Gasteiger partial charge on any atom is 0.306 e. The van der Waals surface area contributed by atoms with Crippen LogP contribution in [0.3, 0.4) is 0 Å². The molecular weight excluding hydrogens is 160 g/mol. The third-order valence-electron chi connectivity index (χ3n) is 1.51. The van der Waals surface area contributed by atoms with E-state index in [0.717, 1.165) is 4.88 Å². The molecule has 0 bridgehead atoms. The van der Waals surface area contributed by atoms with Crippen LogP contribution < -0.4 is 0 Å². The Bertz CT molecular complexity index is 228. The van der Waals surface area contributed by atoms with Crippen LogP contribution in [-0.4, -0.2) is 11.1 Å². The third-order valence-corrected chi connectivity index (χ3v) is 2.41. The maximum atomic E-state index is 10.4. The van der Waals surface area contributed by atoms with Crippen molar-refractivity contribution in [2.45, 2.75) is 13.3 Å². The standard InChI is InChI=1S/C8H10O2S/c1-6(8(9)10)5-7-3-2-4-11-7/h2-4,6H,5H2,1H3,(H,9,10)/t6-/m0/s1. The van der Waals surface area contributed by atoms with E-state index in [9.17, 15) is 4.79 Å². The van der Waals surface area contributed by atoms with Crippen molar-refractivity contribution in [3.05, 3.63) is 22.4 Å². The molecule has 0 radical (unpaired) electrons. The number of carboxylic acids is 1. The van der Waals surface area contributed by atoms with Gasteiger partial charge in [0, 0.05) is 4.88 Å². The second kappa shape index (κ2) is 3.53. The highest BCUT2D eigenvalue weighted by atomic mass is 32.1. The van der Waals surface area contributed by atoms with Crippen molar-refractivity contribution in [1.29, 1.82) is 0 Å². The van der Waals surface area contributed by atoms with E-state index in [0.29, 0.717) is 6.42 Å². The summed E-state index contributed by atoms with van der Waals surface area (Å²) in [6, 6.07) is 3.90. The van der Waals surface area contributed by atoms with E-state index in [2.05, 4.69) is 0 Å². The van der Waals surface area contributed by atoms with Gasteiger partial charge in [-0.25, -0.2) is 0 Å². The molecule has 1 N–H and O–H groups in total. The van der Waals surface area contributed by atoms with E-state index in [1.807, 2.05) is 17.5 Å². The Morgan fingerprint density at radius 1 is 1.82 bits per heavy atom. The van der Waals surface area contributed by atoms with Crippen molar-refractivity contribution in [2.75, 3.05) is 0 Å². The molecule has 11 heavy (non-hydrogen) atoms. The zero-order chi connectivity index (χ0) is 8.27. The Labute approximate surface area is 69.5 Å². The lowest BCUT2D eigenvalue weighted by molar-refractivity contribution is -0.141. The molecule has 1 rings (SSSR count). The van der Waals surface area contributed by atoms with Gasteiger partial charge in [0.05, 0.1) is 5.92 Å². The third kappa shape index (κ3) is 2.35. The van der Waals surface area contributed by atoms with Crippen molar-refractivity contribution in [3.8, 4) is 0 Å². The molecule has 1 atom stereocenters. The van der Waals surface area contributed by atoms with Gasteiger partial charge < -0.3 is 5.11 Å². The second-order valence-electron chi connectivity index (χ2n) is 2.52. The molecule has 1 heterocycles. The van der Waals surface area contributed by atoms with Gasteiger partial charge in [-0.3, -0.25) is 4.79 Å². The minimum Gasteiger partial charge on any atom is -0.481 e. The van der Waals surface area contributed by atoms with Crippen LogP contribution in [0.5, 0.6) is 0 Å². The second-order valence-corrected chi connectivity index (χ2v) is 3.56. The molecule has 0 aliphatic carbocycles. The van der Waals surface area contributed by atoms with Crippen LogP contribution >= 0.6 is 11.3 Å². The van der Waals surface area contributed by atoms with E-state index >= 15 is 0 Å². The van der Waals surface area contributed by atoms with Gasteiger partial charge in [-0.05, 0) is 17.9 Å². The summed E-state index contributed by atoms with van der Waals surface area (Å²) in [7, 11) is 0. The summed E-state index contributed by atoms with van der Waals surface area (Å²) in [5, 5.41) is 10.5. The Kier molecular flexibility index (Phi) is 2.65. The Balaban J connectivity index is 2.50. The fourth-order valence-electron chi connectivity index (χ4n) is 0.818. The highest BCUT2D eigenvalue weighted by Gasteiger charge is 2.11. The van der Waals surface area contributed by atoms with Crippen molar-refractivity contribution in [2.24, 2.45) is 5.92 Å².